The van der Waals surface area contributed by atoms with Gasteiger partial charge in [0, 0.05) is 29.4 Å². The molecule has 3 nitrogen and oxygen atoms in total. The van der Waals surface area contributed by atoms with Crippen LogP contribution < -0.4 is 5.32 Å². The number of halogens is 2. The van der Waals surface area contributed by atoms with E-state index in [2.05, 4.69) is 44.1 Å². The first-order chi connectivity index (χ1) is 13.3. The molecule has 0 saturated heterocycles. The van der Waals surface area contributed by atoms with Gasteiger partial charge >= 0.3 is 0 Å². The summed E-state index contributed by atoms with van der Waals surface area (Å²) in [4.78, 5) is 4.50. The molecule has 1 atom stereocenters. The van der Waals surface area contributed by atoms with Crippen LogP contribution in [-0.2, 0) is 11.0 Å². The van der Waals surface area contributed by atoms with Crippen LogP contribution in [0.3, 0.4) is 0 Å². The summed E-state index contributed by atoms with van der Waals surface area (Å²) >= 11 is 12.6. The van der Waals surface area contributed by atoms with Crippen molar-refractivity contribution < 1.29 is 4.43 Å². The van der Waals surface area contributed by atoms with Crippen LogP contribution >= 0.6 is 23.2 Å². The molecule has 28 heavy (non-hydrogen) atoms. The maximum Gasteiger partial charge on any atom is 0.192 e. The number of aromatic nitrogens is 1. The summed E-state index contributed by atoms with van der Waals surface area (Å²) in [7, 11) is -1.80. The minimum absolute atomic E-state index is 0.0978. The van der Waals surface area contributed by atoms with E-state index in [0.29, 0.717) is 11.7 Å². The van der Waals surface area contributed by atoms with Crippen LogP contribution in [0.2, 0.25) is 28.3 Å². The molecule has 1 aromatic heterocycles. The van der Waals surface area contributed by atoms with Crippen LogP contribution in [0.15, 0.2) is 30.3 Å². The lowest BCUT2D eigenvalue weighted by Crippen LogP contribution is -2.40. The van der Waals surface area contributed by atoms with Gasteiger partial charge in [-0.3, -0.25) is 0 Å². The Bertz CT molecular complexity index is 732. The first-order valence-electron chi connectivity index (χ1n) is 10.1. The van der Waals surface area contributed by atoms with Crippen molar-refractivity contribution in [3.63, 3.8) is 0 Å². The fourth-order valence-corrected chi connectivity index (χ4v) is 6.98. The molecule has 6 heteroatoms. The minimum atomic E-state index is -1.80. The molecule has 0 aliphatic rings. The molecular weight excluding hydrogens is 407 g/mol. The summed E-state index contributed by atoms with van der Waals surface area (Å²) in [6.07, 6.45) is -0.0978. The molecule has 2 rings (SSSR count). The number of hydrogen-bond acceptors (Lipinski definition) is 3. The molecular formula is C22H32Cl2N2OSi. The molecule has 154 valence electrons. The van der Waals surface area contributed by atoms with Crippen LogP contribution in [0.5, 0.6) is 0 Å². The first kappa shape index (κ1) is 23.4. The highest BCUT2D eigenvalue weighted by Crippen LogP contribution is 2.34. The van der Waals surface area contributed by atoms with Crippen molar-refractivity contribution in [3.8, 4) is 0 Å². The summed E-state index contributed by atoms with van der Waals surface area (Å²) < 4.78 is 6.86. The number of pyridine rings is 1. The van der Waals surface area contributed by atoms with E-state index in [1.54, 1.807) is 0 Å². The Kier molecular flexibility index (Phi) is 8.97. The van der Waals surface area contributed by atoms with Gasteiger partial charge in [-0.1, -0.05) is 56.1 Å². The molecule has 1 unspecified atom stereocenters. The van der Waals surface area contributed by atoms with Crippen LogP contribution in [0.25, 0.3) is 0 Å². The Morgan fingerprint density at radius 1 is 1.04 bits per heavy atom. The van der Waals surface area contributed by atoms with Crippen molar-refractivity contribution in [2.75, 3.05) is 6.54 Å². The van der Waals surface area contributed by atoms with E-state index in [1.807, 2.05) is 31.2 Å². The monoisotopic (exact) mass is 438 g/mol. The van der Waals surface area contributed by atoms with Crippen molar-refractivity contribution >= 4 is 31.5 Å². The molecule has 0 radical (unpaired) electrons. The van der Waals surface area contributed by atoms with Crippen molar-refractivity contribution in [2.24, 2.45) is 0 Å². The van der Waals surface area contributed by atoms with Crippen molar-refractivity contribution in [1.29, 1.82) is 0 Å². The summed E-state index contributed by atoms with van der Waals surface area (Å²) in [5.41, 5.74) is 4.28. The largest absolute Gasteiger partial charge is 0.409 e. The van der Waals surface area contributed by atoms with E-state index in [0.717, 1.165) is 46.5 Å². The fourth-order valence-electron chi connectivity index (χ4n) is 3.64. The second-order valence-electron chi connectivity index (χ2n) is 7.39. The Labute approximate surface area is 180 Å². The van der Waals surface area contributed by atoms with Gasteiger partial charge in [-0.05, 0) is 61.3 Å². The lowest BCUT2D eigenvalue weighted by Gasteiger charge is -2.34. The Morgan fingerprint density at radius 2 is 1.64 bits per heavy atom. The Hall–Kier alpha value is -0.913. The van der Waals surface area contributed by atoms with E-state index in [4.69, 9.17) is 27.6 Å². The molecule has 0 saturated carbocycles. The van der Waals surface area contributed by atoms with E-state index in [1.165, 1.54) is 5.56 Å². The van der Waals surface area contributed by atoms with Crippen LogP contribution in [-0.4, -0.2) is 19.8 Å². The van der Waals surface area contributed by atoms with Gasteiger partial charge < -0.3 is 9.74 Å². The second kappa shape index (κ2) is 10.7. The second-order valence-corrected chi connectivity index (χ2v) is 12.9. The van der Waals surface area contributed by atoms with Crippen LogP contribution in [0.1, 0.15) is 49.3 Å². The summed E-state index contributed by atoms with van der Waals surface area (Å²) in [5.74, 6) is 0. The molecule has 1 N–H and O–H groups in total. The van der Waals surface area contributed by atoms with Gasteiger partial charge in [0.1, 0.15) is 5.15 Å². The first-order valence-corrected chi connectivity index (χ1v) is 13.4. The van der Waals surface area contributed by atoms with Gasteiger partial charge in [-0.25, -0.2) is 4.98 Å². The standard InChI is InChI=1S/C22H32Cl2N2OSi/c1-6-28(7-2,8-3)27-20(21-16(4)13-17(5)26-22(21)24)15-25-14-18-9-11-19(23)12-10-18/h9-13,20,25H,6-8,14-15H2,1-5H3. The molecule has 1 aromatic carbocycles. The Balaban J connectivity index is 2.24. The van der Waals surface area contributed by atoms with Gasteiger partial charge in [0.25, 0.3) is 0 Å². The predicted molar refractivity (Wildman–Crippen MR) is 123 cm³/mol. The minimum Gasteiger partial charge on any atom is -0.409 e. The third-order valence-electron chi connectivity index (χ3n) is 5.57. The molecule has 1 heterocycles. The maximum atomic E-state index is 6.86. The molecule has 2 aromatic rings. The highest BCUT2D eigenvalue weighted by Gasteiger charge is 2.34. The lowest BCUT2D eigenvalue weighted by molar-refractivity contribution is 0.185. The van der Waals surface area contributed by atoms with Gasteiger partial charge in [0.2, 0.25) is 0 Å². The average Bonchev–Trinajstić information content (AvgIpc) is 2.66. The zero-order valence-corrected chi connectivity index (χ0v) is 20.1. The van der Waals surface area contributed by atoms with Crippen molar-refractivity contribution in [2.45, 2.75) is 65.4 Å². The lowest BCUT2D eigenvalue weighted by atomic mass is 10.1. The normalized spacial score (nSPS) is 13.0. The van der Waals surface area contributed by atoms with E-state index in [9.17, 15) is 0 Å². The summed E-state index contributed by atoms with van der Waals surface area (Å²) in [6.45, 7) is 12.3. The number of rotatable bonds is 10. The quantitative estimate of drug-likeness (QED) is 0.324. The smallest absolute Gasteiger partial charge is 0.192 e. The predicted octanol–water partition coefficient (Wildman–Crippen LogP) is 6.86. The van der Waals surface area contributed by atoms with E-state index in [-0.39, 0.29) is 6.10 Å². The SMILES string of the molecule is CC[Si](CC)(CC)OC(CNCc1ccc(Cl)cc1)c1c(C)cc(C)nc1Cl. The number of nitrogens with one attached hydrogen (secondary N) is 1. The van der Waals surface area contributed by atoms with E-state index >= 15 is 0 Å². The number of benzene rings is 1. The summed E-state index contributed by atoms with van der Waals surface area (Å²) in [6, 6.07) is 13.3. The number of nitrogens with zero attached hydrogens (tertiary/aromatic N) is 1. The molecule has 0 fully saturated rings. The third-order valence-corrected chi connectivity index (χ3v) is 10.8. The zero-order chi connectivity index (χ0) is 20.7. The number of aryl methyl sites for hydroxylation is 2. The van der Waals surface area contributed by atoms with Gasteiger partial charge in [0.15, 0.2) is 8.32 Å². The molecule has 0 aliphatic carbocycles. The maximum absolute atomic E-state index is 6.86. The third kappa shape index (κ3) is 6.04. The fraction of sp³-hybridized carbons (Fsp3) is 0.500. The van der Waals surface area contributed by atoms with Gasteiger partial charge in [-0.2, -0.15) is 0 Å². The average molecular weight is 440 g/mol. The van der Waals surface area contributed by atoms with Crippen molar-refractivity contribution in [1.82, 2.24) is 10.3 Å². The Morgan fingerprint density at radius 3 is 2.18 bits per heavy atom. The van der Waals surface area contributed by atoms with Crippen LogP contribution in [0.4, 0.5) is 0 Å². The molecule has 0 bridgehead atoms. The molecule has 0 aliphatic heterocycles. The molecule has 0 spiro atoms. The topological polar surface area (TPSA) is 34.1 Å². The van der Waals surface area contributed by atoms with Gasteiger partial charge in [-0.15, -0.1) is 0 Å². The van der Waals surface area contributed by atoms with Crippen molar-refractivity contribution in [3.05, 3.63) is 62.9 Å². The molecule has 0 amide bonds. The van der Waals surface area contributed by atoms with E-state index < -0.39 is 8.32 Å². The highest BCUT2D eigenvalue weighted by atomic mass is 35.5. The highest BCUT2D eigenvalue weighted by molar-refractivity contribution is 6.73. The number of hydrogen-bond donors (Lipinski definition) is 1. The summed E-state index contributed by atoms with van der Waals surface area (Å²) in [5, 5.41) is 4.86. The van der Waals surface area contributed by atoms with Gasteiger partial charge in [0.05, 0.1) is 6.10 Å². The zero-order valence-electron chi connectivity index (χ0n) is 17.6. The van der Waals surface area contributed by atoms with Crippen LogP contribution in [0, 0.1) is 13.8 Å².